The second kappa shape index (κ2) is 6.05. The number of halogens is 1. The van der Waals surface area contributed by atoms with Crippen molar-refractivity contribution in [1.29, 1.82) is 0 Å². The van der Waals surface area contributed by atoms with Crippen molar-refractivity contribution in [3.63, 3.8) is 0 Å². The molecule has 1 heterocycles. The number of carbonyl (C=O) groups is 2. The zero-order valence-electron chi connectivity index (χ0n) is 16.5. The van der Waals surface area contributed by atoms with E-state index in [-0.39, 0.29) is 17.7 Å². The summed E-state index contributed by atoms with van der Waals surface area (Å²) in [5.41, 5.74) is 4.74. The molecule has 1 aliphatic heterocycles. The van der Waals surface area contributed by atoms with Crippen LogP contribution in [0, 0.1) is 11.8 Å². The minimum absolute atomic E-state index is 0.111. The largest absolute Gasteiger partial charge is 0.274 e. The summed E-state index contributed by atoms with van der Waals surface area (Å²) in [4.78, 5) is 29.1. The lowest BCUT2D eigenvalue weighted by atomic mass is 9.46. The maximum absolute atomic E-state index is 13.9. The molecule has 4 aliphatic rings. The van der Waals surface area contributed by atoms with E-state index in [2.05, 4.69) is 31.2 Å². The van der Waals surface area contributed by atoms with Crippen LogP contribution in [0.15, 0.2) is 72.8 Å². The number of hydrogen-bond donors (Lipinski definition) is 0. The topological polar surface area (TPSA) is 37.4 Å². The fourth-order valence-corrected chi connectivity index (χ4v) is 6.62. The molecule has 1 saturated heterocycles. The molecule has 148 valence electrons. The number of para-hydroxylation sites is 1. The monoisotopic (exact) mass is 413 g/mol. The SMILES string of the molecule is CCC12c3ccccc3C(c3ccccc31)[C@@H]1C(=O)N(c3ccccc3Cl)C(=O)[C@@H]12. The normalized spacial score (nSPS) is 28.3. The van der Waals surface area contributed by atoms with Crippen LogP contribution in [-0.4, -0.2) is 11.8 Å². The predicted molar refractivity (Wildman–Crippen MR) is 117 cm³/mol. The van der Waals surface area contributed by atoms with Gasteiger partial charge in [-0.15, -0.1) is 0 Å². The number of hydrogen-bond acceptors (Lipinski definition) is 2. The minimum atomic E-state index is -0.505. The molecule has 0 unspecified atom stereocenters. The summed E-state index contributed by atoms with van der Waals surface area (Å²) in [5, 5.41) is 0.422. The van der Waals surface area contributed by atoms with E-state index in [0.717, 1.165) is 6.42 Å². The zero-order chi connectivity index (χ0) is 20.6. The Kier molecular flexibility index (Phi) is 3.61. The van der Waals surface area contributed by atoms with Gasteiger partial charge in [-0.2, -0.15) is 0 Å². The summed E-state index contributed by atoms with van der Waals surface area (Å²) in [6.45, 7) is 2.13. The lowest BCUT2D eigenvalue weighted by Crippen LogP contribution is -2.53. The van der Waals surface area contributed by atoms with Crippen molar-refractivity contribution >= 4 is 29.1 Å². The van der Waals surface area contributed by atoms with Gasteiger partial charge >= 0.3 is 0 Å². The van der Waals surface area contributed by atoms with Crippen molar-refractivity contribution in [1.82, 2.24) is 0 Å². The van der Waals surface area contributed by atoms with Crippen LogP contribution in [-0.2, 0) is 15.0 Å². The van der Waals surface area contributed by atoms with Crippen LogP contribution in [0.2, 0.25) is 5.02 Å². The van der Waals surface area contributed by atoms with Crippen molar-refractivity contribution < 1.29 is 9.59 Å². The van der Waals surface area contributed by atoms with Crippen molar-refractivity contribution in [2.24, 2.45) is 11.8 Å². The van der Waals surface area contributed by atoms with Gasteiger partial charge in [0.15, 0.2) is 0 Å². The molecule has 2 atom stereocenters. The van der Waals surface area contributed by atoms with E-state index in [1.807, 2.05) is 36.4 Å². The molecule has 2 amide bonds. The molecule has 1 fully saturated rings. The molecule has 3 aromatic rings. The van der Waals surface area contributed by atoms with Gasteiger partial charge in [-0.1, -0.05) is 79.2 Å². The third-order valence-electron chi connectivity index (χ3n) is 7.45. The fourth-order valence-electron chi connectivity index (χ4n) is 6.40. The van der Waals surface area contributed by atoms with Crippen molar-refractivity contribution in [2.45, 2.75) is 24.7 Å². The number of nitrogens with zero attached hydrogens (tertiary/aromatic N) is 1. The summed E-state index contributed by atoms with van der Waals surface area (Å²) in [6, 6.07) is 23.8. The van der Waals surface area contributed by atoms with Crippen LogP contribution in [0.5, 0.6) is 0 Å². The Morgan fingerprint density at radius 2 is 1.40 bits per heavy atom. The summed E-state index contributed by atoms with van der Waals surface area (Å²) in [7, 11) is 0. The lowest BCUT2D eigenvalue weighted by Gasteiger charge is -2.54. The molecular weight excluding hydrogens is 394 g/mol. The van der Waals surface area contributed by atoms with Gasteiger partial charge in [-0.3, -0.25) is 9.59 Å². The number of rotatable bonds is 2. The standard InChI is InChI=1S/C26H20ClNO2/c1-2-26-17-11-5-3-9-15(17)21(16-10-4-6-12-18(16)26)22-23(26)25(30)28(24(22)29)20-14-8-7-13-19(20)27/h3-14,21-23H,2H2,1H3/t21?,22-,23+,26?/m0/s1. The Bertz CT molecular complexity index is 1190. The number of amides is 2. The van der Waals surface area contributed by atoms with E-state index >= 15 is 0 Å². The maximum atomic E-state index is 13.9. The Balaban J connectivity index is 1.66. The van der Waals surface area contributed by atoms with Crippen LogP contribution in [0.25, 0.3) is 0 Å². The quantitative estimate of drug-likeness (QED) is 0.534. The molecule has 4 heteroatoms. The van der Waals surface area contributed by atoms with Crippen LogP contribution >= 0.6 is 11.6 Å². The molecular formula is C26H20ClNO2. The first kappa shape index (κ1) is 17.9. The highest BCUT2D eigenvalue weighted by Crippen LogP contribution is 2.65. The molecule has 0 spiro atoms. The first-order valence-corrected chi connectivity index (χ1v) is 10.8. The maximum Gasteiger partial charge on any atom is 0.239 e. The summed E-state index contributed by atoms with van der Waals surface area (Å²) >= 11 is 6.42. The predicted octanol–water partition coefficient (Wildman–Crippen LogP) is 5.30. The molecule has 7 rings (SSSR count). The van der Waals surface area contributed by atoms with E-state index < -0.39 is 17.3 Å². The van der Waals surface area contributed by atoms with Crippen molar-refractivity contribution in [2.75, 3.05) is 4.90 Å². The van der Waals surface area contributed by atoms with Gasteiger partial charge in [-0.05, 0) is 40.8 Å². The van der Waals surface area contributed by atoms with Gasteiger partial charge in [0.05, 0.1) is 22.5 Å². The van der Waals surface area contributed by atoms with Gasteiger partial charge in [0.2, 0.25) is 11.8 Å². The minimum Gasteiger partial charge on any atom is -0.274 e. The Hall–Kier alpha value is -2.91. The Morgan fingerprint density at radius 3 is 2.00 bits per heavy atom. The molecule has 3 aliphatic carbocycles. The summed E-state index contributed by atoms with van der Waals surface area (Å²) < 4.78 is 0. The third kappa shape index (κ3) is 1.92. The molecule has 30 heavy (non-hydrogen) atoms. The van der Waals surface area contributed by atoms with Crippen LogP contribution in [0.3, 0.4) is 0 Å². The first-order valence-electron chi connectivity index (χ1n) is 10.4. The van der Waals surface area contributed by atoms with Gasteiger partial charge in [0.25, 0.3) is 0 Å². The van der Waals surface area contributed by atoms with Crippen LogP contribution in [0.4, 0.5) is 5.69 Å². The van der Waals surface area contributed by atoms with Crippen LogP contribution < -0.4 is 4.90 Å². The molecule has 0 saturated carbocycles. The van der Waals surface area contributed by atoms with E-state index in [9.17, 15) is 9.59 Å². The van der Waals surface area contributed by atoms with E-state index in [1.165, 1.54) is 27.2 Å². The van der Waals surface area contributed by atoms with Gasteiger partial charge < -0.3 is 0 Å². The van der Waals surface area contributed by atoms with Gasteiger partial charge in [0.1, 0.15) is 0 Å². The number of imide groups is 1. The van der Waals surface area contributed by atoms with Crippen LogP contribution in [0.1, 0.15) is 41.5 Å². The molecule has 0 radical (unpaired) electrons. The van der Waals surface area contributed by atoms with E-state index in [4.69, 9.17) is 11.6 Å². The highest BCUT2D eigenvalue weighted by molar-refractivity contribution is 6.36. The molecule has 3 aromatic carbocycles. The number of anilines is 1. The van der Waals surface area contributed by atoms with E-state index in [1.54, 1.807) is 12.1 Å². The number of carbonyl (C=O) groups excluding carboxylic acids is 2. The highest BCUT2D eigenvalue weighted by atomic mass is 35.5. The molecule has 3 nitrogen and oxygen atoms in total. The van der Waals surface area contributed by atoms with E-state index in [0.29, 0.717) is 10.7 Å². The third-order valence-corrected chi connectivity index (χ3v) is 7.76. The highest BCUT2D eigenvalue weighted by Gasteiger charge is 2.67. The van der Waals surface area contributed by atoms with Gasteiger partial charge in [0, 0.05) is 11.3 Å². The summed E-state index contributed by atoms with van der Waals surface area (Å²) in [6.07, 6.45) is 0.754. The van der Waals surface area contributed by atoms with Crippen molar-refractivity contribution in [3.05, 3.63) is 100 Å². The Morgan fingerprint density at radius 1 is 0.833 bits per heavy atom. The first-order chi connectivity index (χ1) is 14.6. The summed E-state index contributed by atoms with van der Waals surface area (Å²) in [5.74, 6) is -1.20. The van der Waals surface area contributed by atoms with Crippen molar-refractivity contribution in [3.8, 4) is 0 Å². The number of benzene rings is 3. The average Bonchev–Trinajstić information content (AvgIpc) is 3.05. The second-order valence-electron chi connectivity index (χ2n) is 8.44. The average molecular weight is 414 g/mol. The lowest BCUT2D eigenvalue weighted by molar-refractivity contribution is -0.123. The molecule has 0 N–H and O–H groups in total. The zero-order valence-corrected chi connectivity index (χ0v) is 17.3. The Labute approximate surface area is 180 Å². The molecule has 0 aromatic heterocycles. The van der Waals surface area contributed by atoms with Gasteiger partial charge in [-0.25, -0.2) is 4.90 Å². The fraction of sp³-hybridized carbons (Fsp3) is 0.231. The smallest absolute Gasteiger partial charge is 0.239 e. The molecule has 2 bridgehead atoms. The second-order valence-corrected chi connectivity index (χ2v) is 8.85.